The molecule has 4 aromatic rings. The summed E-state index contributed by atoms with van der Waals surface area (Å²) >= 11 is 0. The van der Waals surface area contributed by atoms with Crippen LogP contribution < -0.4 is 25.9 Å². The predicted octanol–water partition coefficient (Wildman–Crippen LogP) is 4.30. The Morgan fingerprint density at radius 2 is 1.27 bits per heavy atom. The highest BCUT2D eigenvalue weighted by Gasteiger charge is 2.31. The van der Waals surface area contributed by atoms with Crippen LogP contribution in [0.1, 0.15) is 22.1 Å². The molecule has 0 aliphatic rings. The van der Waals surface area contributed by atoms with Gasteiger partial charge in [-0.25, -0.2) is 9.97 Å². The third-order valence-corrected chi connectivity index (χ3v) is 10.1. The lowest BCUT2D eigenvalue weighted by Gasteiger charge is -2.15. The van der Waals surface area contributed by atoms with Crippen LogP contribution in [0.4, 0.5) is 24.7 Å². The maximum Gasteiger partial charge on any atom is 0.573 e. The summed E-state index contributed by atoms with van der Waals surface area (Å²) in [6, 6.07) is 21.2. The minimum absolute atomic E-state index is 0.187. The monoisotopic (exact) mass is 861 g/mol. The maximum absolute atomic E-state index is 12.4. The van der Waals surface area contributed by atoms with Gasteiger partial charge in [0.25, 0.3) is 5.91 Å². The summed E-state index contributed by atoms with van der Waals surface area (Å²) in [5, 5.41) is 20.4. The molecule has 0 bridgehead atoms. The summed E-state index contributed by atoms with van der Waals surface area (Å²) in [4.78, 5) is 30.9. The van der Waals surface area contributed by atoms with Gasteiger partial charge in [-0.15, -0.1) is 13.2 Å². The average Bonchev–Trinajstić information content (AvgIpc) is 3.22. The Bertz CT molecular complexity index is 1820. The summed E-state index contributed by atoms with van der Waals surface area (Å²) in [6.45, 7) is 9.32. The number of nitrogens with zero attached hydrogens (tertiary/aromatic N) is 2. The van der Waals surface area contributed by atoms with Gasteiger partial charge in [0.15, 0.2) is 0 Å². The lowest BCUT2D eigenvalue weighted by molar-refractivity contribution is -0.274. The number of rotatable bonds is 29. The summed E-state index contributed by atoms with van der Waals surface area (Å²) < 4.78 is 74.3. The molecule has 60 heavy (non-hydrogen) atoms. The number of amides is 1. The Hall–Kier alpha value is -4.54. The highest BCUT2D eigenvalue weighted by atomic mass is 28.4. The molecule has 0 fully saturated rings. The summed E-state index contributed by atoms with van der Waals surface area (Å²) in [7, 11) is -2.39. The van der Waals surface area contributed by atoms with Gasteiger partial charge >= 0.3 is 6.36 Å². The first kappa shape index (κ1) is 48.1. The molecule has 1 unspecified atom stereocenters. The molecule has 19 heteroatoms. The van der Waals surface area contributed by atoms with Crippen molar-refractivity contribution in [3.8, 4) is 17.0 Å². The van der Waals surface area contributed by atoms with Crippen LogP contribution in [-0.4, -0.2) is 133 Å². The van der Waals surface area contributed by atoms with Crippen LogP contribution in [0.15, 0.2) is 85.2 Å². The fourth-order valence-electron chi connectivity index (χ4n) is 5.29. The maximum atomic E-state index is 12.4. The molecule has 0 aliphatic heterocycles. The molecular formula is C41H54F3N5O10Si. The number of aliphatic hydroxyl groups excluding tert-OH is 1. The van der Waals surface area contributed by atoms with Gasteiger partial charge < -0.3 is 53.7 Å². The second kappa shape index (κ2) is 25.9. The molecule has 0 saturated heterocycles. The fourth-order valence-corrected chi connectivity index (χ4v) is 6.28. The van der Waals surface area contributed by atoms with E-state index in [1.165, 1.54) is 30.6 Å². The standard InChI is InChI=1S/C41H54F3N5O10Si/c1-60(2,52)36-12-6-31(7-13-36)39(50)45-14-16-53-18-20-55-22-24-57-26-27-58-25-23-56-21-19-54-17-15-46-40(51)33-5-3-4-32(28-33)37-29-38(48-30-47-37)49-34-8-10-35(11-9-34)59-41(42,43)44/h3-13,28-30,40,46,51-52H,14-27H2,1-2H3,(H,45,50)(H,47,48,49). The second-order valence-electron chi connectivity index (χ2n) is 13.5. The van der Waals surface area contributed by atoms with Crippen LogP contribution in [0.25, 0.3) is 11.3 Å². The zero-order valence-corrected chi connectivity index (χ0v) is 34.7. The number of ether oxygens (including phenoxy) is 7. The van der Waals surface area contributed by atoms with Crippen molar-refractivity contribution in [2.24, 2.45) is 0 Å². The molecule has 1 atom stereocenters. The average molecular weight is 862 g/mol. The van der Waals surface area contributed by atoms with Crippen molar-refractivity contribution in [1.82, 2.24) is 20.6 Å². The molecule has 3 aromatic carbocycles. The van der Waals surface area contributed by atoms with E-state index in [0.29, 0.717) is 121 Å². The van der Waals surface area contributed by atoms with Gasteiger partial charge in [0.2, 0.25) is 8.32 Å². The van der Waals surface area contributed by atoms with E-state index >= 15 is 0 Å². The molecule has 328 valence electrons. The van der Waals surface area contributed by atoms with Crippen molar-refractivity contribution in [3.63, 3.8) is 0 Å². The van der Waals surface area contributed by atoms with Gasteiger partial charge in [-0.05, 0) is 66.3 Å². The molecule has 1 amide bonds. The normalized spacial score (nSPS) is 12.3. The number of hydrogen-bond acceptors (Lipinski definition) is 14. The first-order valence-corrected chi connectivity index (χ1v) is 22.4. The van der Waals surface area contributed by atoms with Crippen molar-refractivity contribution in [1.29, 1.82) is 0 Å². The van der Waals surface area contributed by atoms with E-state index in [1.807, 2.05) is 19.2 Å². The Kier molecular flexibility index (Phi) is 20.8. The van der Waals surface area contributed by atoms with E-state index in [2.05, 4.69) is 30.7 Å². The fraction of sp³-hybridized carbons (Fsp3) is 0.439. The van der Waals surface area contributed by atoms with Crippen molar-refractivity contribution in [2.45, 2.75) is 25.7 Å². The van der Waals surface area contributed by atoms with Gasteiger partial charge in [-0.3, -0.25) is 10.1 Å². The Morgan fingerprint density at radius 1 is 0.717 bits per heavy atom. The number of alkyl halides is 3. The quantitative estimate of drug-likeness (QED) is 0.0296. The number of aliphatic hydroxyl groups is 1. The first-order chi connectivity index (χ1) is 28.9. The second-order valence-corrected chi connectivity index (χ2v) is 17.2. The van der Waals surface area contributed by atoms with Crippen molar-refractivity contribution in [3.05, 3.63) is 96.3 Å². The van der Waals surface area contributed by atoms with Gasteiger partial charge in [0, 0.05) is 36.0 Å². The number of halogens is 3. The summed E-state index contributed by atoms with van der Waals surface area (Å²) in [5.41, 5.74) is 2.97. The summed E-state index contributed by atoms with van der Waals surface area (Å²) in [6.07, 6.45) is -4.36. The number of nitrogens with one attached hydrogen (secondary N) is 3. The van der Waals surface area contributed by atoms with Crippen molar-refractivity contribution in [2.75, 3.05) is 97.7 Å². The topological polar surface area (TPSA) is 184 Å². The van der Waals surface area contributed by atoms with Crippen molar-refractivity contribution < 1.29 is 61.0 Å². The molecule has 0 radical (unpaired) electrons. The lowest BCUT2D eigenvalue weighted by Crippen LogP contribution is -2.41. The SMILES string of the molecule is C[Si](C)(O)c1ccc(C(=O)NCCOCCOCCOCCOCCOCCOCCNC(O)c2cccc(-c3cc(Nc4ccc(OC(F)(F)F)cc4)ncn3)c2)cc1. The van der Waals surface area contributed by atoms with E-state index in [9.17, 15) is 27.9 Å². The molecule has 1 aromatic heterocycles. The smallest absolute Gasteiger partial charge is 0.428 e. The molecule has 4 rings (SSSR count). The van der Waals surface area contributed by atoms with E-state index in [4.69, 9.17) is 28.4 Å². The number of hydrogen-bond donors (Lipinski definition) is 5. The highest BCUT2D eigenvalue weighted by molar-refractivity contribution is 6.83. The number of aromatic nitrogens is 2. The zero-order chi connectivity index (χ0) is 43.1. The predicted molar refractivity (Wildman–Crippen MR) is 220 cm³/mol. The van der Waals surface area contributed by atoms with E-state index in [1.54, 1.807) is 48.5 Å². The van der Waals surface area contributed by atoms with E-state index in [0.717, 1.165) is 10.8 Å². The Balaban J connectivity index is 0.928. The molecule has 0 saturated carbocycles. The lowest BCUT2D eigenvalue weighted by atomic mass is 10.1. The zero-order valence-electron chi connectivity index (χ0n) is 33.7. The van der Waals surface area contributed by atoms with Crippen LogP contribution in [0.5, 0.6) is 5.75 Å². The molecular weight excluding hydrogens is 808 g/mol. The largest absolute Gasteiger partial charge is 0.573 e. The van der Waals surface area contributed by atoms with E-state index < -0.39 is 20.9 Å². The molecule has 0 spiro atoms. The minimum atomic E-state index is -4.77. The first-order valence-electron chi connectivity index (χ1n) is 19.4. The number of anilines is 2. The van der Waals surface area contributed by atoms with Crippen molar-refractivity contribution >= 4 is 30.9 Å². The Labute approximate surface area is 348 Å². The highest BCUT2D eigenvalue weighted by Crippen LogP contribution is 2.27. The molecule has 15 nitrogen and oxygen atoms in total. The molecule has 0 aliphatic carbocycles. The van der Waals surface area contributed by atoms with Gasteiger partial charge in [0.1, 0.15) is 24.1 Å². The summed E-state index contributed by atoms with van der Waals surface area (Å²) in [5.74, 6) is -0.0875. The Morgan fingerprint density at radius 3 is 1.82 bits per heavy atom. The molecule has 1 heterocycles. The number of benzene rings is 3. The number of carbonyl (C=O) groups excluding carboxylic acids is 1. The van der Waals surface area contributed by atoms with Crippen LogP contribution in [-0.2, 0) is 28.4 Å². The van der Waals surface area contributed by atoms with Crippen LogP contribution in [0.3, 0.4) is 0 Å². The number of carbonyl (C=O) groups is 1. The minimum Gasteiger partial charge on any atom is -0.428 e. The van der Waals surface area contributed by atoms with Gasteiger partial charge in [-0.1, -0.05) is 30.3 Å². The van der Waals surface area contributed by atoms with Crippen LogP contribution in [0.2, 0.25) is 13.1 Å². The van der Waals surface area contributed by atoms with Gasteiger partial charge in [0.05, 0.1) is 85.0 Å². The molecule has 5 N–H and O–H groups in total. The van der Waals surface area contributed by atoms with Crippen LogP contribution in [0, 0.1) is 0 Å². The van der Waals surface area contributed by atoms with Crippen LogP contribution >= 0.6 is 0 Å². The van der Waals surface area contributed by atoms with Gasteiger partial charge in [-0.2, -0.15) is 0 Å². The third kappa shape index (κ3) is 19.2. The third-order valence-electron chi connectivity index (χ3n) is 8.36. The van der Waals surface area contributed by atoms with E-state index in [-0.39, 0.29) is 11.7 Å².